The number of allylic oxidation sites excluding steroid dienone is 2. The van der Waals surface area contributed by atoms with E-state index in [2.05, 4.69) is 53.2 Å². The Kier molecular flexibility index (Phi) is 25.4. The van der Waals surface area contributed by atoms with Gasteiger partial charge in [0, 0.05) is 93.9 Å². The van der Waals surface area contributed by atoms with Crippen molar-refractivity contribution in [3.8, 4) is 52.1 Å². The minimum atomic E-state index is -2.04. The van der Waals surface area contributed by atoms with Crippen LogP contribution in [0.4, 0.5) is 5.69 Å². The second kappa shape index (κ2) is 32.0. The van der Waals surface area contributed by atoms with Gasteiger partial charge in [-0.15, -0.1) is 0 Å². The van der Waals surface area contributed by atoms with Gasteiger partial charge in [-0.25, -0.2) is 0 Å². The fourth-order valence-corrected chi connectivity index (χ4v) is 12.1. The number of aliphatic hydroxyl groups is 2. The number of hydrogen-bond acceptors (Lipinski definition) is 21. The smallest absolute Gasteiger partial charge is 0.312 e. The fourth-order valence-electron chi connectivity index (χ4n) is 12.1. The molecule has 22 nitrogen and oxygen atoms in total. The summed E-state index contributed by atoms with van der Waals surface area (Å²) in [6.45, 7) is 21.2. The van der Waals surface area contributed by atoms with Crippen LogP contribution in [0.2, 0.25) is 0 Å². The number of benzene rings is 4. The summed E-state index contributed by atoms with van der Waals surface area (Å²) in [6.07, 6.45) is 7.47. The topological polar surface area (TPSA) is 284 Å². The number of ether oxygens (including phenoxy) is 8. The van der Waals surface area contributed by atoms with E-state index < -0.39 is 94.2 Å². The first-order valence-corrected chi connectivity index (χ1v) is 31.2. The predicted octanol–water partition coefficient (Wildman–Crippen LogP) is 9.43. The van der Waals surface area contributed by atoms with Gasteiger partial charge in [0.25, 0.3) is 11.7 Å². The first kappa shape index (κ1) is 73.0. The molecule has 0 saturated carbocycles. The van der Waals surface area contributed by atoms with Crippen molar-refractivity contribution in [3.05, 3.63) is 100 Å². The Morgan fingerprint density at radius 1 is 0.859 bits per heavy atom. The molecule has 0 radical (unpaired) electrons. The van der Waals surface area contributed by atoms with Crippen LogP contribution >= 0.6 is 0 Å². The zero-order valence-electron chi connectivity index (χ0n) is 56.5. The number of piperazine rings is 1. The van der Waals surface area contributed by atoms with Crippen LogP contribution in [0.1, 0.15) is 108 Å². The number of methoxy groups -OCH3 is 5. The average molecular weight is 1280 g/mol. The van der Waals surface area contributed by atoms with Crippen molar-refractivity contribution in [2.45, 2.75) is 124 Å². The SMILES string of the molecule is CO[C@H]1/C=C/O[C@@]2(C)Oc3c(C)c(O)c4c(O)c(c(/C=N/N5CCN(C)CC5)c(O)c4c3C2=O)NC(=O)/C(C)=C\C=C\[C@H](C)[C@H](O)[C@@H](C)[C@@H](O)[C@@H](C)[C@H](OC(C)=O)[C@@H]1C.COc1ccc(CCN(C)CCCC(C#N)(c2ccc(OC)c(OC)c2)C(C)C)cc1OC. The Bertz CT molecular complexity index is 3420. The van der Waals surface area contributed by atoms with Crippen LogP contribution in [0.5, 0.6) is 46.0 Å². The Labute approximate surface area is 541 Å². The Morgan fingerprint density at radius 3 is 2.09 bits per heavy atom. The largest absolute Gasteiger partial charge is 0.507 e. The van der Waals surface area contributed by atoms with Crippen molar-refractivity contribution in [2.75, 3.05) is 94.2 Å². The third-order valence-electron chi connectivity index (χ3n) is 18.3. The molecule has 4 aromatic carbocycles. The van der Waals surface area contributed by atoms with E-state index in [0.29, 0.717) is 24.6 Å². The number of carbonyl (C=O) groups is 3. The number of Topliss-reactive ketones (excluding diaryl/α,β-unsaturated/α-hetero) is 1. The van der Waals surface area contributed by atoms with Gasteiger partial charge in [-0.3, -0.25) is 19.4 Å². The normalized spacial score (nSPS) is 25.2. The summed E-state index contributed by atoms with van der Waals surface area (Å²) in [4.78, 5) is 44.9. The number of aliphatic hydroxyl groups excluding tert-OH is 2. The molecule has 502 valence electrons. The molecule has 4 aromatic rings. The van der Waals surface area contributed by atoms with Crippen molar-refractivity contribution < 1.29 is 77.8 Å². The zero-order chi connectivity index (χ0) is 68.1. The number of likely N-dealkylation sites (N-methyl/N-ethyl adjacent to an activating group) is 2. The lowest BCUT2D eigenvalue weighted by atomic mass is 9.69. The molecule has 4 heterocycles. The second-order valence-electron chi connectivity index (χ2n) is 24.8. The number of carbonyl (C=O) groups excluding carboxylic acids is 3. The van der Waals surface area contributed by atoms with Crippen LogP contribution in [0, 0.1) is 47.8 Å². The molecule has 1 amide bonds. The van der Waals surface area contributed by atoms with E-state index in [0.717, 1.165) is 62.5 Å². The molecule has 4 aliphatic heterocycles. The molecule has 0 aromatic heterocycles. The number of anilines is 1. The fraction of sp³-hybridized carbons (Fsp3) is 0.529. The lowest BCUT2D eigenvalue weighted by Crippen LogP contribution is -2.46. The summed E-state index contributed by atoms with van der Waals surface area (Å²) in [5.74, 6) is -5.36. The average Bonchev–Trinajstić information content (AvgIpc) is 1.45. The third-order valence-corrected chi connectivity index (χ3v) is 18.3. The van der Waals surface area contributed by atoms with Crippen LogP contribution < -0.4 is 29.0 Å². The highest BCUT2D eigenvalue weighted by molar-refractivity contribution is 6.24. The molecule has 10 atom stereocenters. The molecular weight excluding hydrogens is 1180 g/mol. The monoisotopic (exact) mass is 1280 g/mol. The number of amides is 1. The van der Waals surface area contributed by atoms with Crippen molar-refractivity contribution in [1.29, 1.82) is 5.26 Å². The summed E-state index contributed by atoms with van der Waals surface area (Å²) >= 11 is 0. The highest BCUT2D eigenvalue weighted by atomic mass is 16.7. The summed E-state index contributed by atoms with van der Waals surface area (Å²) in [5.41, 5.74) is 1.25. The van der Waals surface area contributed by atoms with Crippen LogP contribution in [0.3, 0.4) is 0 Å². The number of nitriles is 1. The molecule has 22 heteroatoms. The van der Waals surface area contributed by atoms with Gasteiger partial charge >= 0.3 is 11.8 Å². The van der Waals surface area contributed by atoms with E-state index in [9.17, 15) is 45.2 Å². The summed E-state index contributed by atoms with van der Waals surface area (Å²) in [5, 5.41) is 77.1. The van der Waals surface area contributed by atoms with Crippen molar-refractivity contribution in [1.82, 2.24) is 14.8 Å². The second-order valence-corrected chi connectivity index (χ2v) is 24.8. The van der Waals surface area contributed by atoms with Gasteiger partial charge in [-0.05, 0) is 101 Å². The number of fused-ring (bicyclic) bond motifs is 14. The van der Waals surface area contributed by atoms with Gasteiger partial charge in [0.1, 0.15) is 23.4 Å². The molecule has 1 saturated heterocycles. The quantitative estimate of drug-likeness (QED) is 0.0248. The molecule has 4 aliphatic rings. The number of esters is 1. The van der Waals surface area contributed by atoms with Gasteiger partial charge in [-0.2, -0.15) is 10.4 Å². The van der Waals surface area contributed by atoms with Gasteiger partial charge in [0.2, 0.25) is 0 Å². The predicted molar refractivity (Wildman–Crippen MR) is 352 cm³/mol. The number of phenolic OH excluding ortho intramolecular Hbond substituents is 3. The van der Waals surface area contributed by atoms with Gasteiger partial charge in [0.15, 0.2) is 28.7 Å². The lowest BCUT2D eigenvalue weighted by molar-refractivity contribution is -0.160. The number of phenols is 3. The highest BCUT2D eigenvalue weighted by Crippen LogP contribution is 2.55. The number of rotatable bonds is 17. The van der Waals surface area contributed by atoms with E-state index in [1.807, 2.05) is 37.4 Å². The third kappa shape index (κ3) is 16.2. The number of aromatic hydroxyl groups is 3. The Hall–Kier alpha value is -8.07. The van der Waals surface area contributed by atoms with Gasteiger partial charge < -0.3 is 78.5 Å². The first-order chi connectivity index (χ1) is 43.6. The standard InChI is InChI=1S/C43H58N4O12.C27H38N2O4/c1-21-12-11-13-22(2)42(55)45-33-28(20-44-47-17-15-46(9)16-18-47)37(52)30-31(38(33)53)36(51)26(6)40-32(30)41(54)43(8,59-40)57-19-14-29(56-10)23(3)39(58-27(7)48)25(5)35(50)24(4)34(21)49;1-20(2)27(19-28,22-10-12-24(31-5)26(18-22)33-7)14-8-15-29(3)16-13-21-9-11-23(30-4)25(17-21)32-6/h11-14,19-21,23-25,29,34-35,39,49-53H,15-18H2,1-10H3,(H,45,55);9-12,17-18,20H,8,13-16H2,1-7H3/b12-11+,19-14+,22-13-,44-20+;/t21-,23+,24+,25+,29-,34-,35+,39+,43-;/m0./s1. The molecule has 5 bridgehead atoms. The van der Waals surface area contributed by atoms with E-state index in [1.54, 1.807) is 73.3 Å². The first-order valence-electron chi connectivity index (χ1n) is 31.2. The van der Waals surface area contributed by atoms with Gasteiger partial charge in [-0.1, -0.05) is 71.9 Å². The van der Waals surface area contributed by atoms with Crippen LogP contribution in [0.25, 0.3) is 10.8 Å². The lowest BCUT2D eigenvalue weighted by Gasteiger charge is -2.38. The minimum Gasteiger partial charge on any atom is -0.507 e. The van der Waals surface area contributed by atoms with Crippen molar-refractivity contribution in [3.63, 3.8) is 0 Å². The molecule has 1 fully saturated rings. The Morgan fingerprint density at radius 2 is 1.49 bits per heavy atom. The summed E-state index contributed by atoms with van der Waals surface area (Å²) in [6, 6.07) is 14.5. The van der Waals surface area contributed by atoms with E-state index in [4.69, 9.17) is 37.9 Å². The number of hydrazone groups is 1. The van der Waals surface area contributed by atoms with Crippen molar-refractivity contribution in [2.24, 2.45) is 34.7 Å². The molecule has 0 aliphatic carbocycles. The van der Waals surface area contributed by atoms with Crippen molar-refractivity contribution >= 4 is 40.3 Å². The minimum absolute atomic E-state index is 0.0559. The van der Waals surface area contributed by atoms with E-state index in [1.165, 1.54) is 65.0 Å². The van der Waals surface area contributed by atoms with Gasteiger partial charge in [0.05, 0.1) is 92.9 Å². The molecular formula is C70H96N6O16. The maximum Gasteiger partial charge on any atom is 0.312 e. The van der Waals surface area contributed by atoms with Crippen LogP contribution in [-0.2, 0) is 35.6 Å². The Balaban J connectivity index is 0.000000344. The number of ketones is 1. The summed E-state index contributed by atoms with van der Waals surface area (Å²) < 4.78 is 45.2. The number of hydrogen-bond donors (Lipinski definition) is 6. The number of nitrogens with zero attached hydrogens (tertiary/aromatic N) is 5. The molecule has 8 rings (SSSR count). The van der Waals surface area contributed by atoms with Crippen LogP contribution in [0.15, 0.2) is 77.6 Å². The maximum atomic E-state index is 14.4. The molecule has 92 heavy (non-hydrogen) atoms. The van der Waals surface area contributed by atoms with E-state index in [-0.39, 0.29) is 50.4 Å². The zero-order valence-corrected chi connectivity index (χ0v) is 56.5. The number of nitrogens with one attached hydrogen (secondary N) is 1. The highest BCUT2D eigenvalue weighted by Gasteiger charge is 2.50. The maximum absolute atomic E-state index is 14.4. The molecule has 6 N–H and O–H groups in total. The molecule has 1 unspecified atom stereocenters. The molecule has 0 spiro atoms. The summed E-state index contributed by atoms with van der Waals surface area (Å²) in [7, 11) is 12.1. The van der Waals surface area contributed by atoms with Crippen LogP contribution in [-0.4, -0.2) is 183 Å². The van der Waals surface area contributed by atoms with E-state index >= 15 is 0 Å².